The van der Waals surface area contributed by atoms with Crippen LogP contribution in [0.5, 0.6) is 5.75 Å². The van der Waals surface area contributed by atoms with Gasteiger partial charge in [-0.05, 0) is 30.5 Å². The van der Waals surface area contributed by atoms with E-state index in [2.05, 4.69) is 48.7 Å². The summed E-state index contributed by atoms with van der Waals surface area (Å²) in [6.07, 6.45) is 1.06. The van der Waals surface area contributed by atoms with E-state index in [0.717, 1.165) is 17.7 Å². The maximum atomic E-state index is 5.84. The van der Waals surface area contributed by atoms with Crippen LogP contribution in [-0.2, 0) is 6.42 Å². The molecule has 0 saturated heterocycles. The standard InChI is InChI=1S/C17H20N2O/c1-11-7-8-16(20-2)15(9-11)17(19-18)14-10-12-5-3-4-6-13(12)14/h3-9,14,17,19H,10,18H2,1-2H3. The van der Waals surface area contributed by atoms with Gasteiger partial charge in [0.2, 0.25) is 0 Å². The third kappa shape index (κ3) is 2.09. The summed E-state index contributed by atoms with van der Waals surface area (Å²) in [5.74, 6) is 7.14. The first-order valence-corrected chi connectivity index (χ1v) is 6.93. The van der Waals surface area contributed by atoms with Gasteiger partial charge in [0.1, 0.15) is 5.75 Å². The number of aryl methyl sites for hydroxylation is 1. The molecule has 2 aromatic carbocycles. The summed E-state index contributed by atoms with van der Waals surface area (Å²) in [5, 5.41) is 0. The minimum absolute atomic E-state index is 0.0831. The molecule has 104 valence electrons. The largest absolute Gasteiger partial charge is 0.496 e. The lowest BCUT2D eigenvalue weighted by Crippen LogP contribution is -2.37. The second-order valence-corrected chi connectivity index (χ2v) is 5.40. The van der Waals surface area contributed by atoms with Gasteiger partial charge in [0.05, 0.1) is 13.2 Å². The molecule has 20 heavy (non-hydrogen) atoms. The van der Waals surface area contributed by atoms with Crippen molar-refractivity contribution in [1.29, 1.82) is 0 Å². The Labute approximate surface area is 119 Å². The predicted octanol–water partition coefficient (Wildman–Crippen LogP) is 2.85. The van der Waals surface area contributed by atoms with Crippen molar-refractivity contribution in [2.75, 3.05) is 7.11 Å². The van der Waals surface area contributed by atoms with Gasteiger partial charge < -0.3 is 4.74 Å². The second kappa shape index (κ2) is 5.27. The predicted molar refractivity (Wildman–Crippen MR) is 80.7 cm³/mol. The van der Waals surface area contributed by atoms with E-state index in [1.54, 1.807) is 7.11 Å². The molecule has 1 aliphatic rings. The lowest BCUT2D eigenvalue weighted by molar-refractivity contribution is 0.374. The van der Waals surface area contributed by atoms with Crippen molar-refractivity contribution in [3.63, 3.8) is 0 Å². The number of hydrazine groups is 1. The molecule has 0 saturated carbocycles. The molecular formula is C17H20N2O. The van der Waals surface area contributed by atoms with Crippen LogP contribution in [0, 0.1) is 6.92 Å². The molecule has 1 aliphatic carbocycles. The number of ether oxygens (including phenoxy) is 1. The Morgan fingerprint density at radius 3 is 2.75 bits per heavy atom. The zero-order chi connectivity index (χ0) is 14.1. The fraction of sp³-hybridized carbons (Fsp3) is 0.294. The Hall–Kier alpha value is -1.84. The number of hydrogen-bond donors (Lipinski definition) is 2. The molecule has 0 bridgehead atoms. The number of nitrogens with one attached hydrogen (secondary N) is 1. The molecule has 3 heteroatoms. The summed E-state index contributed by atoms with van der Waals surface area (Å²) in [6.45, 7) is 2.09. The van der Waals surface area contributed by atoms with Gasteiger partial charge in [-0.15, -0.1) is 0 Å². The van der Waals surface area contributed by atoms with Gasteiger partial charge in [0.15, 0.2) is 0 Å². The van der Waals surface area contributed by atoms with Crippen molar-refractivity contribution in [2.45, 2.75) is 25.3 Å². The molecule has 0 radical (unpaired) electrons. The smallest absolute Gasteiger partial charge is 0.123 e. The number of fused-ring (bicyclic) bond motifs is 1. The van der Waals surface area contributed by atoms with Crippen molar-refractivity contribution in [3.8, 4) is 5.75 Å². The van der Waals surface area contributed by atoms with E-state index in [-0.39, 0.29) is 6.04 Å². The zero-order valence-corrected chi connectivity index (χ0v) is 11.9. The third-order valence-corrected chi connectivity index (χ3v) is 4.20. The van der Waals surface area contributed by atoms with Gasteiger partial charge in [0.25, 0.3) is 0 Å². The highest BCUT2D eigenvalue weighted by molar-refractivity contribution is 5.47. The fourth-order valence-electron chi connectivity index (χ4n) is 3.11. The zero-order valence-electron chi connectivity index (χ0n) is 11.9. The Kier molecular flexibility index (Phi) is 3.47. The van der Waals surface area contributed by atoms with E-state index < -0.39 is 0 Å². The molecule has 0 amide bonds. The van der Waals surface area contributed by atoms with Crippen LogP contribution in [-0.4, -0.2) is 7.11 Å². The van der Waals surface area contributed by atoms with Crippen LogP contribution in [0.2, 0.25) is 0 Å². The van der Waals surface area contributed by atoms with Crippen molar-refractivity contribution in [1.82, 2.24) is 5.43 Å². The highest BCUT2D eigenvalue weighted by Gasteiger charge is 2.34. The number of rotatable bonds is 4. The molecule has 3 rings (SSSR count). The summed E-state index contributed by atoms with van der Waals surface area (Å²) < 4.78 is 5.49. The minimum Gasteiger partial charge on any atom is -0.496 e. The SMILES string of the molecule is COc1ccc(C)cc1C(NN)C1Cc2ccccc21. The summed E-state index contributed by atoms with van der Waals surface area (Å²) in [4.78, 5) is 0. The van der Waals surface area contributed by atoms with E-state index in [1.807, 2.05) is 6.07 Å². The highest BCUT2D eigenvalue weighted by atomic mass is 16.5. The number of nitrogens with two attached hydrogens (primary N) is 1. The lowest BCUT2D eigenvalue weighted by atomic mass is 9.71. The molecule has 3 nitrogen and oxygen atoms in total. The molecule has 3 N–H and O–H groups in total. The van der Waals surface area contributed by atoms with Crippen molar-refractivity contribution in [3.05, 3.63) is 64.7 Å². The topological polar surface area (TPSA) is 47.3 Å². The van der Waals surface area contributed by atoms with Crippen LogP contribution in [0.15, 0.2) is 42.5 Å². The monoisotopic (exact) mass is 268 g/mol. The third-order valence-electron chi connectivity index (χ3n) is 4.20. The van der Waals surface area contributed by atoms with Crippen LogP contribution in [0.3, 0.4) is 0 Å². The van der Waals surface area contributed by atoms with E-state index in [9.17, 15) is 0 Å². The van der Waals surface area contributed by atoms with Crippen molar-refractivity contribution in [2.24, 2.45) is 5.84 Å². The average Bonchev–Trinajstić information content (AvgIpc) is 2.45. The maximum absolute atomic E-state index is 5.84. The number of hydrogen-bond acceptors (Lipinski definition) is 3. The lowest BCUT2D eigenvalue weighted by Gasteiger charge is -2.37. The van der Waals surface area contributed by atoms with Crippen LogP contribution in [0.25, 0.3) is 0 Å². The van der Waals surface area contributed by atoms with E-state index in [4.69, 9.17) is 10.6 Å². The Balaban J connectivity index is 1.98. The van der Waals surface area contributed by atoms with E-state index >= 15 is 0 Å². The number of methoxy groups -OCH3 is 1. The van der Waals surface area contributed by atoms with Crippen molar-refractivity contribution < 1.29 is 4.74 Å². The van der Waals surface area contributed by atoms with Gasteiger partial charge in [-0.3, -0.25) is 11.3 Å². The van der Waals surface area contributed by atoms with Crippen LogP contribution in [0.4, 0.5) is 0 Å². The van der Waals surface area contributed by atoms with Gasteiger partial charge in [-0.2, -0.15) is 0 Å². The summed E-state index contributed by atoms with van der Waals surface area (Å²) in [6, 6.07) is 14.9. The molecule has 2 unspecified atom stereocenters. The Morgan fingerprint density at radius 2 is 2.05 bits per heavy atom. The second-order valence-electron chi connectivity index (χ2n) is 5.40. The highest BCUT2D eigenvalue weighted by Crippen LogP contribution is 2.45. The maximum Gasteiger partial charge on any atom is 0.123 e. The van der Waals surface area contributed by atoms with Crippen LogP contribution in [0.1, 0.15) is 34.2 Å². The minimum atomic E-state index is 0.0831. The molecule has 0 aromatic heterocycles. The summed E-state index contributed by atoms with van der Waals surface area (Å²) in [7, 11) is 1.70. The summed E-state index contributed by atoms with van der Waals surface area (Å²) >= 11 is 0. The summed E-state index contributed by atoms with van der Waals surface area (Å²) in [5.41, 5.74) is 8.14. The molecule has 0 fully saturated rings. The quantitative estimate of drug-likeness (QED) is 0.662. The van der Waals surface area contributed by atoms with E-state index in [1.165, 1.54) is 16.7 Å². The fourth-order valence-corrected chi connectivity index (χ4v) is 3.11. The van der Waals surface area contributed by atoms with Crippen LogP contribution < -0.4 is 16.0 Å². The van der Waals surface area contributed by atoms with Gasteiger partial charge in [0, 0.05) is 11.5 Å². The first-order chi connectivity index (χ1) is 9.74. The van der Waals surface area contributed by atoms with Crippen molar-refractivity contribution >= 4 is 0 Å². The first-order valence-electron chi connectivity index (χ1n) is 6.93. The van der Waals surface area contributed by atoms with E-state index in [0.29, 0.717) is 5.92 Å². The molecular weight excluding hydrogens is 248 g/mol. The van der Waals surface area contributed by atoms with Gasteiger partial charge >= 0.3 is 0 Å². The molecule has 0 heterocycles. The Bertz CT molecular complexity index is 624. The molecule has 0 spiro atoms. The first kappa shape index (κ1) is 13.2. The van der Waals surface area contributed by atoms with Crippen LogP contribution >= 0.6 is 0 Å². The van der Waals surface area contributed by atoms with Gasteiger partial charge in [-0.25, -0.2) is 0 Å². The molecule has 2 atom stereocenters. The molecule has 0 aliphatic heterocycles. The average molecular weight is 268 g/mol. The normalized spacial score (nSPS) is 18.1. The van der Waals surface area contributed by atoms with Gasteiger partial charge in [-0.1, -0.05) is 42.0 Å². The molecule has 2 aromatic rings. The number of benzene rings is 2. The Morgan fingerprint density at radius 1 is 1.25 bits per heavy atom.